The number of hydrogen-bond donors (Lipinski definition) is 1. The molecule has 0 radical (unpaired) electrons. The number of rotatable bonds is 3. The molecule has 0 aliphatic heterocycles. The normalized spacial score (nSPS) is 9.86. The molecule has 0 aliphatic rings. The fourth-order valence-corrected chi connectivity index (χ4v) is 1.27. The summed E-state index contributed by atoms with van der Waals surface area (Å²) < 4.78 is 0. The highest BCUT2D eigenvalue weighted by molar-refractivity contribution is 6.05. The fraction of sp³-hybridized carbons (Fsp3) is 0.273. The van der Waals surface area contributed by atoms with Gasteiger partial charge in [-0.1, -0.05) is 18.6 Å². The van der Waals surface area contributed by atoms with Crippen molar-refractivity contribution >= 4 is 11.8 Å². The molecule has 0 aromatic heterocycles. The smallest absolute Gasteiger partial charge is 0.336 e. The molecule has 3 heteroatoms. The number of aryl methyl sites for hydroxylation is 1. The Bertz CT molecular complexity index is 380. The van der Waals surface area contributed by atoms with Crippen LogP contribution in [0.4, 0.5) is 0 Å². The van der Waals surface area contributed by atoms with Gasteiger partial charge in [-0.3, -0.25) is 4.79 Å². The van der Waals surface area contributed by atoms with E-state index in [0.717, 1.165) is 5.56 Å². The molecule has 14 heavy (non-hydrogen) atoms. The number of Topliss-reactive ketones (excluding diaryl/α,β-unsaturated/α-hetero) is 1. The quantitative estimate of drug-likeness (QED) is 0.747. The minimum absolute atomic E-state index is 0.0856. The van der Waals surface area contributed by atoms with E-state index < -0.39 is 5.97 Å². The van der Waals surface area contributed by atoms with E-state index in [0.29, 0.717) is 12.0 Å². The molecule has 0 atom stereocenters. The summed E-state index contributed by atoms with van der Waals surface area (Å²) in [6.07, 6.45) is 0.323. The maximum absolute atomic E-state index is 11.4. The lowest BCUT2D eigenvalue weighted by Crippen LogP contribution is -2.07. The minimum Gasteiger partial charge on any atom is -0.478 e. The van der Waals surface area contributed by atoms with Gasteiger partial charge >= 0.3 is 5.97 Å². The van der Waals surface area contributed by atoms with Crippen molar-refractivity contribution in [2.75, 3.05) is 0 Å². The van der Waals surface area contributed by atoms with E-state index in [1.807, 2.05) is 6.92 Å². The number of carbonyl (C=O) groups is 2. The van der Waals surface area contributed by atoms with Gasteiger partial charge in [0.15, 0.2) is 5.78 Å². The molecule has 0 amide bonds. The maximum atomic E-state index is 11.4. The van der Waals surface area contributed by atoms with Crippen LogP contribution in [0.3, 0.4) is 0 Å². The second-order valence-electron chi connectivity index (χ2n) is 3.13. The topological polar surface area (TPSA) is 54.4 Å². The molecule has 0 fully saturated rings. The third-order valence-corrected chi connectivity index (χ3v) is 2.03. The predicted molar refractivity (Wildman–Crippen MR) is 52.8 cm³/mol. The van der Waals surface area contributed by atoms with Crippen LogP contribution in [0.15, 0.2) is 18.2 Å². The molecule has 0 unspecified atom stereocenters. The van der Waals surface area contributed by atoms with Gasteiger partial charge < -0.3 is 5.11 Å². The summed E-state index contributed by atoms with van der Waals surface area (Å²) in [7, 11) is 0. The van der Waals surface area contributed by atoms with Gasteiger partial charge in [0.05, 0.1) is 5.56 Å². The summed E-state index contributed by atoms with van der Waals surface area (Å²) in [6.45, 7) is 3.55. The molecule has 1 aromatic carbocycles. The van der Waals surface area contributed by atoms with Crippen molar-refractivity contribution in [2.45, 2.75) is 20.3 Å². The van der Waals surface area contributed by atoms with Crippen molar-refractivity contribution in [1.29, 1.82) is 0 Å². The minimum atomic E-state index is -1.05. The van der Waals surface area contributed by atoms with Crippen molar-refractivity contribution in [3.05, 3.63) is 34.9 Å². The number of carbonyl (C=O) groups excluding carboxylic acids is 1. The summed E-state index contributed by atoms with van der Waals surface area (Å²) in [5.74, 6) is -1.19. The Hall–Kier alpha value is -1.64. The Morgan fingerprint density at radius 1 is 1.29 bits per heavy atom. The third-order valence-electron chi connectivity index (χ3n) is 2.03. The number of carboxylic acids is 1. The van der Waals surface area contributed by atoms with Crippen LogP contribution >= 0.6 is 0 Å². The van der Waals surface area contributed by atoms with Gasteiger partial charge in [-0.15, -0.1) is 0 Å². The number of hydrogen-bond acceptors (Lipinski definition) is 2. The monoisotopic (exact) mass is 192 g/mol. The Morgan fingerprint density at radius 3 is 2.43 bits per heavy atom. The summed E-state index contributed by atoms with van der Waals surface area (Å²) >= 11 is 0. The first-order valence-electron chi connectivity index (χ1n) is 4.43. The summed E-state index contributed by atoms with van der Waals surface area (Å²) in [6, 6.07) is 4.78. The maximum Gasteiger partial charge on any atom is 0.336 e. The summed E-state index contributed by atoms with van der Waals surface area (Å²) in [4.78, 5) is 22.2. The second-order valence-corrected chi connectivity index (χ2v) is 3.13. The molecule has 1 rings (SSSR count). The third kappa shape index (κ3) is 1.99. The van der Waals surface area contributed by atoms with Gasteiger partial charge in [-0.25, -0.2) is 4.79 Å². The Kier molecular flexibility index (Phi) is 3.02. The van der Waals surface area contributed by atoms with Gasteiger partial charge in [0.25, 0.3) is 0 Å². The van der Waals surface area contributed by atoms with Crippen LogP contribution in [0.5, 0.6) is 0 Å². The largest absolute Gasteiger partial charge is 0.478 e. The zero-order chi connectivity index (χ0) is 10.7. The molecule has 0 aliphatic carbocycles. The van der Waals surface area contributed by atoms with E-state index in [9.17, 15) is 9.59 Å². The van der Waals surface area contributed by atoms with Gasteiger partial charge in [0.2, 0.25) is 0 Å². The average Bonchev–Trinajstić information content (AvgIpc) is 2.16. The van der Waals surface area contributed by atoms with Crippen LogP contribution < -0.4 is 0 Å². The molecule has 74 valence electrons. The predicted octanol–water partition coefficient (Wildman–Crippen LogP) is 2.29. The van der Waals surface area contributed by atoms with Crippen molar-refractivity contribution in [2.24, 2.45) is 0 Å². The van der Waals surface area contributed by atoms with Gasteiger partial charge in [0.1, 0.15) is 0 Å². The number of carboxylic acid groups (broad SMARTS) is 1. The molecule has 0 saturated carbocycles. The van der Waals surface area contributed by atoms with Crippen LogP contribution in [-0.4, -0.2) is 16.9 Å². The van der Waals surface area contributed by atoms with E-state index in [1.54, 1.807) is 19.1 Å². The van der Waals surface area contributed by atoms with Crippen molar-refractivity contribution < 1.29 is 14.7 Å². The number of aromatic carboxylic acids is 1. The molecule has 0 saturated heterocycles. The molecule has 0 heterocycles. The zero-order valence-electron chi connectivity index (χ0n) is 8.20. The molecule has 3 nitrogen and oxygen atoms in total. The van der Waals surface area contributed by atoms with E-state index in [4.69, 9.17) is 5.11 Å². The van der Waals surface area contributed by atoms with E-state index in [-0.39, 0.29) is 11.3 Å². The zero-order valence-corrected chi connectivity index (χ0v) is 8.20. The average molecular weight is 192 g/mol. The molecule has 0 bridgehead atoms. The Morgan fingerprint density at radius 2 is 1.93 bits per heavy atom. The van der Waals surface area contributed by atoms with E-state index in [2.05, 4.69) is 0 Å². The van der Waals surface area contributed by atoms with Gasteiger partial charge in [-0.2, -0.15) is 0 Å². The summed E-state index contributed by atoms with van der Waals surface area (Å²) in [5.41, 5.74) is 1.29. The highest BCUT2D eigenvalue weighted by Gasteiger charge is 2.14. The Labute approximate surface area is 82.4 Å². The molecule has 1 aromatic rings. The molecule has 0 spiro atoms. The highest BCUT2D eigenvalue weighted by Crippen LogP contribution is 2.13. The lowest BCUT2D eigenvalue weighted by Gasteiger charge is -2.04. The first-order chi connectivity index (χ1) is 6.56. The van der Waals surface area contributed by atoms with Crippen LogP contribution in [-0.2, 0) is 0 Å². The number of ketones is 1. The lowest BCUT2D eigenvalue weighted by atomic mass is 10.00. The van der Waals surface area contributed by atoms with Gasteiger partial charge in [0, 0.05) is 12.0 Å². The van der Waals surface area contributed by atoms with Crippen LogP contribution in [0.2, 0.25) is 0 Å². The van der Waals surface area contributed by atoms with Gasteiger partial charge in [-0.05, 0) is 19.1 Å². The van der Waals surface area contributed by atoms with Crippen molar-refractivity contribution in [3.8, 4) is 0 Å². The fourth-order valence-electron chi connectivity index (χ4n) is 1.27. The van der Waals surface area contributed by atoms with Crippen LogP contribution in [0, 0.1) is 6.92 Å². The molecular formula is C11H12O3. The van der Waals surface area contributed by atoms with Crippen LogP contribution in [0.1, 0.15) is 39.6 Å². The second kappa shape index (κ2) is 4.05. The van der Waals surface area contributed by atoms with Crippen molar-refractivity contribution in [1.82, 2.24) is 0 Å². The SMILES string of the molecule is CCC(=O)c1cc(C)ccc1C(=O)O. The number of benzene rings is 1. The summed E-state index contributed by atoms with van der Waals surface area (Å²) in [5, 5.41) is 8.85. The lowest BCUT2D eigenvalue weighted by molar-refractivity contribution is 0.0692. The van der Waals surface area contributed by atoms with Crippen LogP contribution in [0.25, 0.3) is 0 Å². The first kappa shape index (κ1) is 10.4. The molecule has 1 N–H and O–H groups in total. The molecular weight excluding hydrogens is 180 g/mol. The Balaban J connectivity index is 3.29. The standard InChI is InChI=1S/C11H12O3/c1-3-10(12)9-6-7(2)4-5-8(9)11(13)14/h4-6H,3H2,1-2H3,(H,13,14). The highest BCUT2D eigenvalue weighted by atomic mass is 16.4. The first-order valence-corrected chi connectivity index (χ1v) is 4.43. The van der Waals surface area contributed by atoms with Crippen molar-refractivity contribution in [3.63, 3.8) is 0 Å². The van der Waals surface area contributed by atoms with E-state index in [1.165, 1.54) is 6.07 Å². The van der Waals surface area contributed by atoms with E-state index >= 15 is 0 Å².